The number of aryl methyl sites for hydroxylation is 1. The molecule has 100 valence electrons. The summed E-state index contributed by atoms with van der Waals surface area (Å²) in [5, 5.41) is 0. The summed E-state index contributed by atoms with van der Waals surface area (Å²) in [6.07, 6.45) is 7.67. The SMILES string of the molecule is COCCC1CCN(Cc2cnc(C)nc2)CC1. The molecule has 2 rings (SSSR count). The molecule has 4 heteroatoms. The normalized spacial score (nSPS) is 18.1. The maximum atomic E-state index is 5.15. The minimum Gasteiger partial charge on any atom is -0.385 e. The van der Waals surface area contributed by atoms with Crippen molar-refractivity contribution >= 4 is 0 Å². The maximum Gasteiger partial charge on any atom is 0.125 e. The second-order valence-corrected chi connectivity index (χ2v) is 5.14. The van der Waals surface area contributed by atoms with Gasteiger partial charge in [-0.15, -0.1) is 0 Å². The van der Waals surface area contributed by atoms with Crippen LogP contribution in [-0.4, -0.2) is 41.7 Å². The van der Waals surface area contributed by atoms with Gasteiger partial charge in [0, 0.05) is 38.2 Å². The van der Waals surface area contributed by atoms with E-state index in [-0.39, 0.29) is 0 Å². The van der Waals surface area contributed by atoms with Crippen LogP contribution in [0.2, 0.25) is 0 Å². The van der Waals surface area contributed by atoms with Crippen molar-refractivity contribution in [2.75, 3.05) is 26.8 Å². The predicted octanol–water partition coefficient (Wildman–Crippen LogP) is 2.03. The van der Waals surface area contributed by atoms with Crippen molar-refractivity contribution in [3.63, 3.8) is 0 Å². The fourth-order valence-electron chi connectivity index (χ4n) is 2.48. The van der Waals surface area contributed by atoms with E-state index >= 15 is 0 Å². The quantitative estimate of drug-likeness (QED) is 0.800. The van der Waals surface area contributed by atoms with Gasteiger partial charge in [0.2, 0.25) is 0 Å². The van der Waals surface area contributed by atoms with Crippen LogP contribution in [0.5, 0.6) is 0 Å². The number of methoxy groups -OCH3 is 1. The lowest BCUT2D eigenvalue weighted by Crippen LogP contribution is -2.33. The van der Waals surface area contributed by atoms with Crippen molar-refractivity contribution in [3.05, 3.63) is 23.8 Å². The van der Waals surface area contributed by atoms with Gasteiger partial charge in [0.05, 0.1) is 0 Å². The van der Waals surface area contributed by atoms with Gasteiger partial charge < -0.3 is 4.74 Å². The molecule has 2 heterocycles. The third-order valence-electron chi connectivity index (χ3n) is 3.68. The predicted molar refractivity (Wildman–Crippen MR) is 71.3 cm³/mol. The van der Waals surface area contributed by atoms with Gasteiger partial charge in [-0.3, -0.25) is 4.90 Å². The van der Waals surface area contributed by atoms with Gasteiger partial charge in [-0.25, -0.2) is 9.97 Å². The molecule has 0 radical (unpaired) electrons. The Labute approximate surface area is 109 Å². The topological polar surface area (TPSA) is 38.2 Å². The molecule has 0 amide bonds. The zero-order chi connectivity index (χ0) is 12.8. The van der Waals surface area contributed by atoms with Gasteiger partial charge >= 0.3 is 0 Å². The Bertz CT molecular complexity index is 345. The molecule has 1 fully saturated rings. The van der Waals surface area contributed by atoms with Gasteiger partial charge in [-0.1, -0.05) is 0 Å². The summed E-state index contributed by atoms with van der Waals surface area (Å²) in [5.74, 6) is 1.69. The molecule has 0 bridgehead atoms. The number of aromatic nitrogens is 2. The maximum absolute atomic E-state index is 5.15. The molecule has 1 aliphatic heterocycles. The van der Waals surface area contributed by atoms with E-state index in [1.165, 1.54) is 37.9 Å². The molecule has 0 aliphatic carbocycles. The summed E-state index contributed by atoms with van der Waals surface area (Å²) >= 11 is 0. The third kappa shape index (κ3) is 4.03. The Balaban J connectivity index is 1.74. The van der Waals surface area contributed by atoms with Crippen molar-refractivity contribution in [2.45, 2.75) is 32.7 Å². The molecule has 1 aromatic rings. The number of likely N-dealkylation sites (tertiary alicyclic amines) is 1. The molecule has 0 saturated carbocycles. The Morgan fingerprint density at radius 3 is 2.56 bits per heavy atom. The molecular weight excluding hydrogens is 226 g/mol. The van der Waals surface area contributed by atoms with Gasteiger partial charge in [-0.05, 0) is 45.2 Å². The Kier molecular flexibility index (Phi) is 5.08. The molecule has 0 unspecified atom stereocenters. The van der Waals surface area contributed by atoms with Crippen LogP contribution in [0.15, 0.2) is 12.4 Å². The van der Waals surface area contributed by atoms with Crippen LogP contribution in [0.25, 0.3) is 0 Å². The van der Waals surface area contributed by atoms with E-state index < -0.39 is 0 Å². The first-order valence-electron chi connectivity index (χ1n) is 6.76. The lowest BCUT2D eigenvalue weighted by molar-refractivity contribution is 0.132. The Morgan fingerprint density at radius 2 is 1.94 bits per heavy atom. The number of nitrogens with zero attached hydrogens (tertiary/aromatic N) is 3. The van der Waals surface area contributed by atoms with E-state index in [4.69, 9.17) is 4.74 Å². The van der Waals surface area contributed by atoms with Crippen LogP contribution in [0, 0.1) is 12.8 Å². The number of rotatable bonds is 5. The van der Waals surface area contributed by atoms with E-state index in [0.29, 0.717) is 0 Å². The van der Waals surface area contributed by atoms with E-state index in [9.17, 15) is 0 Å². The van der Waals surface area contributed by atoms with Gasteiger partial charge in [-0.2, -0.15) is 0 Å². The van der Waals surface area contributed by atoms with Crippen molar-refractivity contribution in [1.29, 1.82) is 0 Å². The van der Waals surface area contributed by atoms with Gasteiger partial charge in [0.1, 0.15) is 5.82 Å². The molecule has 1 saturated heterocycles. The fraction of sp³-hybridized carbons (Fsp3) is 0.714. The first-order chi connectivity index (χ1) is 8.78. The Hall–Kier alpha value is -1.00. The highest BCUT2D eigenvalue weighted by Crippen LogP contribution is 2.21. The molecule has 0 aromatic carbocycles. The molecule has 1 aromatic heterocycles. The van der Waals surface area contributed by atoms with E-state index in [1.54, 1.807) is 7.11 Å². The summed E-state index contributed by atoms with van der Waals surface area (Å²) in [4.78, 5) is 11.0. The van der Waals surface area contributed by atoms with Crippen molar-refractivity contribution < 1.29 is 4.74 Å². The van der Waals surface area contributed by atoms with Crippen LogP contribution in [-0.2, 0) is 11.3 Å². The molecule has 18 heavy (non-hydrogen) atoms. The van der Waals surface area contributed by atoms with Crippen molar-refractivity contribution in [3.8, 4) is 0 Å². The molecule has 0 spiro atoms. The minimum absolute atomic E-state index is 0.843. The molecule has 4 nitrogen and oxygen atoms in total. The molecule has 0 N–H and O–H groups in total. The van der Waals surface area contributed by atoms with E-state index in [0.717, 1.165) is 24.9 Å². The lowest BCUT2D eigenvalue weighted by atomic mass is 9.94. The summed E-state index contributed by atoms with van der Waals surface area (Å²) in [7, 11) is 1.78. The summed E-state index contributed by atoms with van der Waals surface area (Å²) in [6.45, 7) is 6.17. The third-order valence-corrected chi connectivity index (χ3v) is 3.68. The zero-order valence-electron chi connectivity index (χ0n) is 11.4. The van der Waals surface area contributed by atoms with Crippen molar-refractivity contribution in [2.24, 2.45) is 5.92 Å². The average Bonchev–Trinajstić information content (AvgIpc) is 2.41. The smallest absolute Gasteiger partial charge is 0.125 e. The number of ether oxygens (including phenoxy) is 1. The monoisotopic (exact) mass is 249 g/mol. The van der Waals surface area contributed by atoms with E-state index in [2.05, 4.69) is 14.9 Å². The largest absolute Gasteiger partial charge is 0.385 e. The van der Waals surface area contributed by atoms with Gasteiger partial charge in [0.25, 0.3) is 0 Å². The zero-order valence-corrected chi connectivity index (χ0v) is 11.4. The second-order valence-electron chi connectivity index (χ2n) is 5.14. The molecular formula is C14H23N3O. The number of hydrogen-bond acceptors (Lipinski definition) is 4. The fourth-order valence-corrected chi connectivity index (χ4v) is 2.48. The van der Waals surface area contributed by atoms with Crippen LogP contribution in [0.1, 0.15) is 30.7 Å². The highest BCUT2D eigenvalue weighted by atomic mass is 16.5. The van der Waals surface area contributed by atoms with Crippen LogP contribution < -0.4 is 0 Å². The number of hydrogen-bond donors (Lipinski definition) is 0. The standard InChI is InChI=1S/C14H23N3O/c1-12-15-9-14(10-16-12)11-17-6-3-13(4-7-17)5-8-18-2/h9-10,13H,3-8,11H2,1-2H3. The van der Waals surface area contributed by atoms with E-state index in [1.807, 2.05) is 19.3 Å². The van der Waals surface area contributed by atoms with Gasteiger partial charge in [0.15, 0.2) is 0 Å². The average molecular weight is 249 g/mol. The summed E-state index contributed by atoms with van der Waals surface area (Å²) in [5.41, 5.74) is 1.22. The molecule has 0 atom stereocenters. The summed E-state index contributed by atoms with van der Waals surface area (Å²) < 4.78 is 5.15. The highest BCUT2D eigenvalue weighted by molar-refractivity contribution is 5.04. The number of piperidine rings is 1. The second kappa shape index (κ2) is 6.81. The molecule has 1 aliphatic rings. The Morgan fingerprint density at radius 1 is 1.28 bits per heavy atom. The van der Waals surface area contributed by atoms with Crippen LogP contribution >= 0.6 is 0 Å². The minimum atomic E-state index is 0.843. The van der Waals surface area contributed by atoms with Crippen LogP contribution in [0.3, 0.4) is 0 Å². The first kappa shape index (κ1) is 13.4. The summed E-state index contributed by atoms with van der Waals surface area (Å²) in [6, 6.07) is 0. The van der Waals surface area contributed by atoms with Crippen LogP contribution in [0.4, 0.5) is 0 Å². The highest BCUT2D eigenvalue weighted by Gasteiger charge is 2.18. The van der Waals surface area contributed by atoms with Crippen molar-refractivity contribution in [1.82, 2.24) is 14.9 Å². The first-order valence-corrected chi connectivity index (χ1v) is 6.76. The lowest BCUT2D eigenvalue weighted by Gasteiger charge is -2.31.